The van der Waals surface area contributed by atoms with Crippen molar-refractivity contribution >= 4 is 27.9 Å². The van der Waals surface area contributed by atoms with E-state index in [1.165, 1.54) is 26.8 Å². The first-order valence-electron chi connectivity index (χ1n) is 16.2. The maximum absolute atomic E-state index is 15.3. The Morgan fingerprint density at radius 1 is 0.979 bits per heavy atom. The minimum absolute atomic E-state index is 0.220. The van der Waals surface area contributed by atoms with Crippen molar-refractivity contribution in [2.75, 3.05) is 31.6 Å². The molecule has 6 heterocycles. The van der Waals surface area contributed by atoms with Gasteiger partial charge in [0.15, 0.2) is 0 Å². The third kappa shape index (κ3) is 5.29. The van der Waals surface area contributed by atoms with Crippen LogP contribution in [0.15, 0.2) is 95.0 Å². The number of nitrogens with one attached hydrogen (secondary N) is 1. The lowest BCUT2D eigenvalue weighted by Gasteiger charge is -2.41. The number of aryl methyl sites for hydroxylation is 1. The number of aliphatic hydroxyl groups excluding tert-OH is 1. The van der Waals surface area contributed by atoms with Gasteiger partial charge >= 0.3 is 0 Å². The SMILES string of the molecule is Cn1cc(-c2cc(F)cc(-n3ccn4c(cc5ccccc54)c3=O)c2CO)cc(Nc2ccc(C3CCN(C4COC4)CC3)cn2)c1=O. The summed E-state index contributed by atoms with van der Waals surface area (Å²) in [5.41, 5.74) is 3.52. The number of likely N-dealkylation sites (tertiary alicyclic amines) is 1. The number of aliphatic hydroxyl groups is 1. The van der Waals surface area contributed by atoms with Crippen LogP contribution >= 0.6 is 0 Å². The number of ether oxygens (including phenoxy) is 1. The molecular weight excluding hydrogens is 611 g/mol. The number of aromatic nitrogens is 4. The van der Waals surface area contributed by atoms with Crippen LogP contribution in [0.1, 0.15) is 29.9 Å². The Balaban J connectivity index is 1.11. The lowest BCUT2D eigenvalue weighted by molar-refractivity contribution is -0.0712. The van der Waals surface area contributed by atoms with E-state index in [0.29, 0.717) is 40.0 Å². The largest absolute Gasteiger partial charge is 0.392 e. The molecule has 0 amide bonds. The Hall–Kier alpha value is -5.10. The van der Waals surface area contributed by atoms with Crippen LogP contribution in [-0.4, -0.2) is 60.9 Å². The quantitative estimate of drug-likeness (QED) is 0.253. The number of hydrogen-bond donors (Lipinski definition) is 2. The van der Waals surface area contributed by atoms with Crippen molar-refractivity contribution < 1.29 is 14.2 Å². The maximum Gasteiger partial charge on any atom is 0.279 e. The molecule has 2 aromatic carbocycles. The maximum atomic E-state index is 15.3. The number of piperidine rings is 1. The van der Waals surface area contributed by atoms with Crippen LogP contribution in [0.5, 0.6) is 0 Å². The van der Waals surface area contributed by atoms with Gasteiger partial charge in [-0.1, -0.05) is 24.3 Å². The van der Waals surface area contributed by atoms with E-state index >= 15 is 4.39 Å². The van der Waals surface area contributed by atoms with Crippen molar-refractivity contribution in [3.63, 3.8) is 0 Å². The van der Waals surface area contributed by atoms with Gasteiger partial charge in [-0.05, 0) is 79.4 Å². The molecule has 2 aliphatic heterocycles. The van der Waals surface area contributed by atoms with Crippen LogP contribution in [0.4, 0.5) is 15.9 Å². The van der Waals surface area contributed by atoms with Gasteiger partial charge in [-0.15, -0.1) is 0 Å². The van der Waals surface area contributed by atoms with Crippen LogP contribution in [0.3, 0.4) is 0 Å². The number of rotatable bonds is 7. The van der Waals surface area contributed by atoms with Crippen LogP contribution in [0.2, 0.25) is 0 Å². The van der Waals surface area contributed by atoms with Gasteiger partial charge in [-0.3, -0.25) is 19.1 Å². The Labute approximate surface area is 275 Å². The number of anilines is 2. The average Bonchev–Trinajstić information content (AvgIpc) is 3.46. The number of fused-ring (bicyclic) bond motifs is 3. The first-order valence-corrected chi connectivity index (χ1v) is 16.2. The second-order valence-corrected chi connectivity index (χ2v) is 12.7. The molecule has 0 spiro atoms. The van der Waals surface area contributed by atoms with Crippen molar-refractivity contribution in [2.24, 2.45) is 7.05 Å². The van der Waals surface area contributed by atoms with E-state index in [4.69, 9.17) is 4.74 Å². The first-order chi connectivity index (χ1) is 23.4. The molecule has 2 fully saturated rings. The van der Waals surface area contributed by atoms with Crippen LogP contribution in [0.25, 0.3) is 33.2 Å². The molecular formula is C37H35FN6O4. The normalized spacial score (nSPS) is 16.1. The van der Waals surface area contributed by atoms with Gasteiger partial charge in [-0.2, -0.15) is 0 Å². The number of pyridine rings is 2. The molecule has 0 saturated carbocycles. The van der Waals surface area contributed by atoms with Crippen molar-refractivity contribution in [3.8, 4) is 16.8 Å². The third-order valence-electron chi connectivity index (χ3n) is 9.84. The third-order valence-corrected chi connectivity index (χ3v) is 9.84. The summed E-state index contributed by atoms with van der Waals surface area (Å²) in [6.45, 7) is 3.29. The first kappa shape index (κ1) is 30.2. The molecule has 2 N–H and O–H groups in total. The summed E-state index contributed by atoms with van der Waals surface area (Å²) in [7, 11) is 1.62. The molecule has 10 nitrogen and oxygen atoms in total. The van der Waals surface area contributed by atoms with Gasteiger partial charge in [0.2, 0.25) is 0 Å². The summed E-state index contributed by atoms with van der Waals surface area (Å²) in [4.78, 5) is 34.1. The molecule has 6 aromatic rings. The van der Waals surface area contributed by atoms with Gasteiger partial charge < -0.3 is 24.1 Å². The molecule has 48 heavy (non-hydrogen) atoms. The predicted octanol–water partition coefficient (Wildman–Crippen LogP) is 4.96. The molecule has 11 heteroatoms. The summed E-state index contributed by atoms with van der Waals surface area (Å²) in [5, 5.41) is 14.7. The number of benzene rings is 2. The fraction of sp³-hybridized carbons (Fsp3) is 0.270. The Morgan fingerprint density at radius 3 is 2.52 bits per heavy atom. The van der Waals surface area contributed by atoms with Crippen molar-refractivity contribution in [1.29, 1.82) is 0 Å². The van der Waals surface area contributed by atoms with E-state index < -0.39 is 12.4 Å². The van der Waals surface area contributed by atoms with Crippen LogP contribution < -0.4 is 16.4 Å². The van der Waals surface area contributed by atoms with Gasteiger partial charge in [-0.25, -0.2) is 9.37 Å². The lowest BCUT2D eigenvalue weighted by atomic mass is 9.89. The second-order valence-electron chi connectivity index (χ2n) is 12.7. The van der Waals surface area contributed by atoms with E-state index in [1.54, 1.807) is 42.2 Å². The van der Waals surface area contributed by atoms with E-state index in [2.05, 4.69) is 21.3 Å². The fourth-order valence-electron chi connectivity index (χ4n) is 7.12. The molecule has 0 radical (unpaired) electrons. The van der Waals surface area contributed by atoms with Gasteiger partial charge in [0, 0.05) is 48.3 Å². The standard InChI is InChI=1S/C37H35FN6O4/c1-41-19-26(14-31(36(41)46)40-35-7-6-25(18-39-35)23-8-10-42(11-9-23)28-21-48-22-28)29-16-27(38)17-33(30(29)20-45)44-13-12-43-32-5-3-2-4-24(32)15-34(43)37(44)47/h2-7,12-19,23,28,45H,8-11,20-22H2,1H3,(H,39,40). The summed E-state index contributed by atoms with van der Waals surface area (Å²) >= 11 is 0. The number of para-hydroxylation sites is 1. The molecule has 0 atom stereocenters. The second kappa shape index (κ2) is 12.2. The highest BCUT2D eigenvalue weighted by molar-refractivity contribution is 5.87. The predicted molar refractivity (Wildman–Crippen MR) is 183 cm³/mol. The highest BCUT2D eigenvalue weighted by Gasteiger charge is 2.30. The van der Waals surface area contributed by atoms with Gasteiger partial charge in [0.1, 0.15) is 22.8 Å². The molecule has 8 rings (SSSR count). The summed E-state index contributed by atoms with van der Waals surface area (Å²) in [6, 6.07) is 18.1. The lowest BCUT2D eigenvalue weighted by Crippen LogP contribution is -2.51. The Kier molecular flexibility index (Phi) is 7.67. The Bertz CT molecular complexity index is 2280. The number of hydrogen-bond acceptors (Lipinski definition) is 7. The molecule has 0 aliphatic carbocycles. The summed E-state index contributed by atoms with van der Waals surface area (Å²) < 4.78 is 25.2. The highest BCUT2D eigenvalue weighted by Crippen LogP contribution is 2.33. The van der Waals surface area contributed by atoms with Crippen LogP contribution in [-0.2, 0) is 18.4 Å². The zero-order chi connectivity index (χ0) is 32.9. The molecule has 2 aliphatic rings. The van der Waals surface area contributed by atoms with Crippen LogP contribution in [0, 0.1) is 5.82 Å². The number of nitrogens with zero attached hydrogens (tertiary/aromatic N) is 5. The summed E-state index contributed by atoms with van der Waals surface area (Å²) in [5.74, 6) is 0.361. The van der Waals surface area contributed by atoms with Crippen molar-refractivity contribution in [2.45, 2.75) is 31.4 Å². The molecule has 0 unspecified atom stereocenters. The minimum atomic E-state index is -0.586. The molecule has 2 saturated heterocycles. The van der Waals surface area contributed by atoms with Gasteiger partial charge in [0.05, 0.1) is 37.1 Å². The van der Waals surface area contributed by atoms with E-state index in [9.17, 15) is 14.7 Å². The number of halogens is 1. The van der Waals surface area contributed by atoms with Crippen molar-refractivity contribution in [1.82, 2.24) is 23.4 Å². The minimum Gasteiger partial charge on any atom is -0.392 e. The fourth-order valence-corrected chi connectivity index (χ4v) is 7.12. The highest BCUT2D eigenvalue weighted by atomic mass is 19.1. The molecule has 4 aromatic heterocycles. The zero-order valence-corrected chi connectivity index (χ0v) is 26.5. The zero-order valence-electron chi connectivity index (χ0n) is 26.5. The van der Waals surface area contributed by atoms with E-state index in [0.717, 1.165) is 50.0 Å². The smallest absolute Gasteiger partial charge is 0.279 e. The molecule has 0 bridgehead atoms. The summed E-state index contributed by atoms with van der Waals surface area (Å²) in [6.07, 6.45) is 8.93. The van der Waals surface area contributed by atoms with Gasteiger partial charge in [0.25, 0.3) is 11.1 Å². The topological polar surface area (TPSA) is 106 Å². The van der Waals surface area contributed by atoms with Crippen molar-refractivity contribution in [3.05, 3.63) is 123 Å². The van der Waals surface area contributed by atoms with E-state index in [-0.39, 0.29) is 22.5 Å². The average molecular weight is 647 g/mol. The van der Waals surface area contributed by atoms with E-state index in [1.807, 2.05) is 36.5 Å². The molecule has 244 valence electrons. The Morgan fingerprint density at radius 2 is 1.79 bits per heavy atom. The monoisotopic (exact) mass is 646 g/mol.